The molecule has 0 radical (unpaired) electrons. The molecule has 0 aliphatic rings. The largest absolute Gasteiger partial charge is 0.384 e. The highest BCUT2D eigenvalue weighted by atomic mass is 35.5. The number of benzene rings is 1. The van der Waals surface area contributed by atoms with E-state index in [1.807, 2.05) is 32.9 Å². The highest BCUT2D eigenvalue weighted by molar-refractivity contribution is 6.30. The molecule has 4 N–H and O–H groups in total. The first-order chi connectivity index (χ1) is 12.8. The zero-order chi connectivity index (χ0) is 20.1. The summed E-state index contributed by atoms with van der Waals surface area (Å²) in [6.45, 7) is 6.18. The highest BCUT2D eigenvalue weighted by Crippen LogP contribution is 2.23. The van der Waals surface area contributed by atoms with Crippen LogP contribution >= 0.6 is 11.6 Å². The molecule has 7 nitrogen and oxygen atoms in total. The van der Waals surface area contributed by atoms with E-state index in [1.54, 1.807) is 12.1 Å². The quantitative estimate of drug-likeness (QED) is 0.597. The Labute approximate surface area is 162 Å². The molecule has 0 bridgehead atoms. The van der Waals surface area contributed by atoms with Gasteiger partial charge >= 0.3 is 5.69 Å². The number of nitrogens with one attached hydrogen (secondary N) is 2. The molecular weight excluding hydrogens is 368 g/mol. The Morgan fingerprint density at radius 1 is 1.26 bits per heavy atom. The smallest absolute Gasteiger partial charge is 0.329 e. The van der Waals surface area contributed by atoms with E-state index in [4.69, 9.17) is 17.3 Å². The number of carbonyl (C=O) groups is 1. The number of aromatic nitrogens is 2. The summed E-state index contributed by atoms with van der Waals surface area (Å²) >= 11 is 5.94. The van der Waals surface area contributed by atoms with Gasteiger partial charge in [-0.25, -0.2) is 4.79 Å². The predicted octanol–water partition coefficient (Wildman–Crippen LogP) is 2.35. The Hall–Kier alpha value is -2.38. The van der Waals surface area contributed by atoms with Gasteiger partial charge in [-0.3, -0.25) is 19.1 Å². The Morgan fingerprint density at radius 2 is 1.89 bits per heavy atom. The lowest BCUT2D eigenvalue weighted by Gasteiger charge is -2.23. The van der Waals surface area contributed by atoms with Crippen LogP contribution in [0, 0.1) is 5.92 Å². The number of aromatic amines is 1. The van der Waals surface area contributed by atoms with Gasteiger partial charge in [0.25, 0.3) is 5.56 Å². The average Bonchev–Trinajstić information content (AvgIpc) is 2.59. The van der Waals surface area contributed by atoms with E-state index in [1.165, 1.54) is 4.57 Å². The van der Waals surface area contributed by atoms with Crippen molar-refractivity contribution in [3.05, 3.63) is 61.3 Å². The van der Waals surface area contributed by atoms with Gasteiger partial charge in [-0.05, 0) is 30.0 Å². The van der Waals surface area contributed by atoms with Crippen molar-refractivity contribution in [1.82, 2.24) is 14.9 Å². The molecule has 1 heterocycles. The molecule has 1 unspecified atom stereocenters. The molecule has 0 spiro atoms. The zero-order valence-electron chi connectivity index (χ0n) is 15.7. The molecule has 8 heteroatoms. The van der Waals surface area contributed by atoms with Crippen molar-refractivity contribution in [2.75, 3.05) is 12.3 Å². The van der Waals surface area contributed by atoms with Gasteiger partial charge in [0.2, 0.25) is 0 Å². The molecule has 0 aliphatic heterocycles. The van der Waals surface area contributed by atoms with Crippen molar-refractivity contribution in [3.8, 4) is 0 Å². The second-order valence-corrected chi connectivity index (χ2v) is 7.18. The van der Waals surface area contributed by atoms with Crippen LogP contribution in [0.1, 0.15) is 49.2 Å². The third-order valence-electron chi connectivity index (χ3n) is 4.34. The van der Waals surface area contributed by atoms with Gasteiger partial charge in [0.1, 0.15) is 11.4 Å². The van der Waals surface area contributed by atoms with Crippen LogP contribution in [0.3, 0.4) is 0 Å². The number of Topliss-reactive ketones (excluding diaryl/α,β-unsaturated/α-hetero) is 1. The molecule has 0 amide bonds. The molecule has 2 aromatic rings. The summed E-state index contributed by atoms with van der Waals surface area (Å²) in [5.41, 5.74) is 5.38. The van der Waals surface area contributed by atoms with E-state index in [0.717, 1.165) is 5.56 Å². The van der Waals surface area contributed by atoms with E-state index < -0.39 is 17.0 Å². The van der Waals surface area contributed by atoms with Crippen LogP contribution < -0.4 is 22.3 Å². The Balaban J connectivity index is 2.26. The molecule has 27 heavy (non-hydrogen) atoms. The van der Waals surface area contributed by atoms with E-state index in [9.17, 15) is 14.4 Å². The minimum atomic E-state index is -0.760. The molecule has 146 valence electrons. The SMILES string of the molecule is CCCn1c(N)c(C(=O)CNC(c2ccc(Cl)cc2)C(C)C)c(=O)[nH]c1=O. The van der Waals surface area contributed by atoms with Crippen LogP contribution in [0.4, 0.5) is 5.82 Å². The van der Waals surface area contributed by atoms with Crippen molar-refractivity contribution in [2.45, 2.75) is 39.8 Å². The molecule has 0 saturated heterocycles. The van der Waals surface area contributed by atoms with Gasteiger partial charge in [0.15, 0.2) is 5.78 Å². The number of nitrogen functional groups attached to an aromatic ring is 1. The summed E-state index contributed by atoms with van der Waals surface area (Å²) in [6, 6.07) is 7.27. The fraction of sp³-hybridized carbons (Fsp3) is 0.421. The molecule has 2 rings (SSSR count). The number of nitrogens with zero attached hydrogens (tertiary/aromatic N) is 1. The third kappa shape index (κ3) is 4.87. The molecule has 0 fully saturated rings. The lowest BCUT2D eigenvalue weighted by atomic mass is 9.96. The molecule has 0 aliphatic carbocycles. The first-order valence-corrected chi connectivity index (χ1v) is 9.28. The Kier molecular flexibility index (Phi) is 6.98. The summed E-state index contributed by atoms with van der Waals surface area (Å²) in [5.74, 6) is -0.355. The van der Waals surface area contributed by atoms with Crippen LogP contribution in [0.25, 0.3) is 0 Å². The van der Waals surface area contributed by atoms with E-state index in [2.05, 4.69) is 10.3 Å². The van der Waals surface area contributed by atoms with Gasteiger partial charge in [0.05, 0.1) is 6.54 Å². The highest BCUT2D eigenvalue weighted by Gasteiger charge is 2.22. The van der Waals surface area contributed by atoms with Gasteiger partial charge in [-0.2, -0.15) is 0 Å². The lowest BCUT2D eigenvalue weighted by molar-refractivity contribution is 0.0983. The number of hydrogen-bond donors (Lipinski definition) is 3. The van der Waals surface area contributed by atoms with Crippen LogP contribution in [-0.2, 0) is 6.54 Å². The fourth-order valence-corrected chi connectivity index (χ4v) is 3.13. The third-order valence-corrected chi connectivity index (χ3v) is 4.60. The first kappa shape index (κ1) is 20.9. The Bertz CT molecular complexity index is 916. The molecule has 0 saturated carbocycles. The normalized spacial score (nSPS) is 12.3. The molecule has 1 aromatic heterocycles. The first-order valence-electron chi connectivity index (χ1n) is 8.90. The monoisotopic (exact) mass is 392 g/mol. The number of hydrogen-bond acceptors (Lipinski definition) is 5. The standard InChI is InChI=1S/C19H25ClN4O3/c1-4-9-24-17(21)15(18(26)23-19(24)27)14(25)10-22-16(11(2)3)12-5-7-13(20)8-6-12/h5-8,11,16,22H,4,9-10,21H2,1-3H3,(H,23,26,27). The zero-order valence-corrected chi connectivity index (χ0v) is 16.5. The average molecular weight is 393 g/mol. The maximum absolute atomic E-state index is 12.7. The minimum Gasteiger partial charge on any atom is -0.384 e. The maximum Gasteiger partial charge on any atom is 0.329 e. The van der Waals surface area contributed by atoms with Crippen LogP contribution in [-0.4, -0.2) is 21.9 Å². The van der Waals surface area contributed by atoms with Gasteiger partial charge in [0, 0.05) is 17.6 Å². The number of ketones is 1. The van der Waals surface area contributed by atoms with Crippen molar-refractivity contribution in [2.24, 2.45) is 5.92 Å². The van der Waals surface area contributed by atoms with Crippen molar-refractivity contribution < 1.29 is 4.79 Å². The number of nitrogens with two attached hydrogens (primary N) is 1. The number of rotatable bonds is 8. The molecular formula is C19H25ClN4O3. The number of anilines is 1. The van der Waals surface area contributed by atoms with E-state index >= 15 is 0 Å². The van der Waals surface area contributed by atoms with Crippen LogP contribution in [0.5, 0.6) is 0 Å². The van der Waals surface area contributed by atoms with Crippen molar-refractivity contribution in [3.63, 3.8) is 0 Å². The summed E-state index contributed by atoms with van der Waals surface area (Å²) in [7, 11) is 0. The molecule has 1 atom stereocenters. The van der Waals surface area contributed by atoms with Crippen molar-refractivity contribution >= 4 is 23.2 Å². The van der Waals surface area contributed by atoms with Crippen molar-refractivity contribution in [1.29, 1.82) is 0 Å². The van der Waals surface area contributed by atoms with Gasteiger partial charge in [-0.1, -0.05) is 44.5 Å². The van der Waals surface area contributed by atoms with Crippen LogP contribution in [0.2, 0.25) is 5.02 Å². The second-order valence-electron chi connectivity index (χ2n) is 6.75. The summed E-state index contributed by atoms with van der Waals surface area (Å²) in [6.07, 6.45) is 0.647. The fourth-order valence-electron chi connectivity index (χ4n) is 3.00. The maximum atomic E-state index is 12.7. The summed E-state index contributed by atoms with van der Waals surface area (Å²) in [4.78, 5) is 38.9. The second kappa shape index (κ2) is 9.01. The van der Waals surface area contributed by atoms with Gasteiger partial charge in [-0.15, -0.1) is 0 Å². The topological polar surface area (TPSA) is 110 Å². The van der Waals surface area contributed by atoms with Crippen LogP contribution in [0.15, 0.2) is 33.9 Å². The van der Waals surface area contributed by atoms with E-state index in [-0.39, 0.29) is 29.9 Å². The summed E-state index contributed by atoms with van der Waals surface area (Å²) < 4.78 is 1.22. The predicted molar refractivity (Wildman–Crippen MR) is 107 cm³/mol. The molecule has 1 aromatic carbocycles. The summed E-state index contributed by atoms with van der Waals surface area (Å²) in [5, 5.41) is 3.82. The van der Waals surface area contributed by atoms with E-state index in [0.29, 0.717) is 18.0 Å². The number of halogens is 1. The number of carbonyl (C=O) groups excluding carboxylic acids is 1. The number of H-pyrrole nitrogens is 1. The Morgan fingerprint density at radius 3 is 2.44 bits per heavy atom. The van der Waals surface area contributed by atoms with Gasteiger partial charge < -0.3 is 11.1 Å². The minimum absolute atomic E-state index is 0.0803. The lowest BCUT2D eigenvalue weighted by Crippen LogP contribution is -2.39.